The van der Waals surface area contributed by atoms with Crippen LogP contribution < -0.4 is 0 Å². The Hall–Kier alpha value is -14.8. The van der Waals surface area contributed by atoms with Gasteiger partial charge in [-0.2, -0.15) is 0 Å². The van der Waals surface area contributed by atoms with Crippen molar-refractivity contribution in [1.29, 1.82) is 0 Å². The van der Waals surface area contributed by atoms with Crippen LogP contribution >= 0.6 is 0 Å². The Morgan fingerprint density at radius 2 is 0.281 bits per heavy atom. The zero-order chi connectivity index (χ0) is 75.4. The highest BCUT2D eigenvalue weighted by atomic mass is 14.3. The lowest BCUT2D eigenvalue weighted by Crippen LogP contribution is -1.92. The zero-order valence-electron chi connectivity index (χ0n) is 62.7. The molecule has 23 rings (SSSR count). The summed E-state index contributed by atoms with van der Waals surface area (Å²) in [4.78, 5) is 0. The molecule has 0 saturated heterocycles. The molecule has 0 heteroatoms. The SMILES string of the molecule is c1ccc2c(-c3c4ccccc4c(-c4cccc5ccccc45)c4ccccc34)cccc2c1.c1ccc2c(-c3ccc(-c4c5ccccc5c(-c5cccc6ccccc56)c5ccccc45)cc3)cccc2c1.c1ccc2cc(-c3ccc(-c4c5ccccc5c(-c5ccc6ccccc6c5)c5ccccc45)cc3)ccc2c1. The molecule has 0 radical (unpaired) electrons. The number of hydrogen-bond donors (Lipinski definition) is 0. The molecule has 0 atom stereocenters. The first-order chi connectivity index (χ1) is 56.6. The molecule has 0 unspecified atom stereocenters. The maximum Gasteiger partial charge on any atom is -0.00201 e. The number of benzene rings is 23. The van der Waals surface area contributed by atoms with Crippen LogP contribution in [0.25, 0.3) is 218 Å². The fraction of sp³-hybridized carbons (Fsp3) is 0. The Balaban J connectivity index is 0.000000108. The number of hydrogen-bond acceptors (Lipinski definition) is 0. The molecule has 0 saturated carbocycles. The van der Waals surface area contributed by atoms with Gasteiger partial charge in [-0.05, 0) is 230 Å². The first-order valence-corrected chi connectivity index (χ1v) is 39.5. The summed E-state index contributed by atoms with van der Waals surface area (Å²) in [6.07, 6.45) is 0. The van der Waals surface area contributed by atoms with Crippen LogP contribution in [0.5, 0.6) is 0 Å². The van der Waals surface area contributed by atoms with Gasteiger partial charge in [-0.15, -0.1) is 0 Å². The summed E-state index contributed by atoms with van der Waals surface area (Å²) in [5.41, 5.74) is 20.4. The van der Waals surface area contributed by atoms with Crippen molar-refractivity contribution in [3.8, 4) is 89.0 Å². The molecule has 0 aliphatic rings. The topological polar surface area (TPSA) is 0 Å². The average molecular weight is 1440 g/mol. The highest BCUT2D eigenvalue weighted by Crippen LogP contribution is 2.50. The van der Waals surface area contributed by atoms with Crippen LogP contribution in [0.3, 0.4) is 0 Å². The van der Waals surface area contributed by atoms with Gasteiger partial charge in [-0.25, -0.2) is 0 Å². The highest BCUT2D eigenvalue weighted by molar-refractivity contribution is 6.27. The Labute approximate surface area is 662 Å². The summed E-state index contributed by atoms with van der Waals surface area (Å²) in [6.45, 7) is 0. The van der Waals surface area contributed by atoms with Crippen LogP contribution in [0, 0.1) is 0 Å². The molecule has 23 aromatic rings. The number of fused-ring (bicyclic) bond motifs is 12. The van der Waals surface area contributed by atoms with Gasteiger partial charge in [-0.1, -0.05) is 437 Å². The second-order valence-electron chi connectivity index (χ2n) is 29.9. The van der Waals surface area contributed by atoms with Crippen LogP contribution in [-0.4, -0.2) is 0 Å². The lowest BCUT2D eigenvalue weighted by atomic mass is 9.84. The molecular formula is C114H74. The Bertz CT molecular complexity index is 7380. The van der Waals surface area contributed by atoms with Crippen LogP contribution in [0.15, 0.2) is 449 Å². The van der Waals surface area contributed by atoms with E-state index in [0.717, 1.165) is 0 Å². The smallest absolute Gasteiger partial charge is 0.00201 e. The van der Waals surface area contributed by atoms with Crippen molar-refractivity contribution in [2.45, 2.75) is 0 Å². The van der Waals surface area contributed by atoms with Crippen molar-refractivity contribution in [3.05, 3.63) is 449 Å². The second kappa shape index (κ2) is 28.9. The van der Waals surface area contributed by atoms with E-state index in [1.807, 2.05) is 0 Å². The predicted octanol–water partition coefficient (Wildman–Crippen LogP) is 32.2. The summed E-state index contributed by atoms with van der Waals surface area (Å²) < 4.78 is 0. The quantitative estimate of drug-likeness (QED) is 0.133. The van der Waals surface area contributed by atoms with Crippen molar-refractivity contribution in [1.82, 2.24) is 0 Å². The summed E-state index contributed by atoms with van der Waals surface area (Å²) in [7, 11) is 0. The average Bonchev–Trinajstić information content (AvgIpc) is 0.702. The van der Waals surface area contributed by atoms with E-state index in [1.165, 1.54) is 218 Å². The van der Waals surface area contributed by atoms with Crippen LogP contribution in [0.4, 0.5) is 0 Å². The molecule has 0 bridgehead atoms. The fourth-order valence-electron chi connectivity index (χ4n) is 18.4. The van der Waals surface area contributed by atoms with E-state index in [2.05, 4.69) is 449 Å². The van der Waals surface area contributed by atoms with Gasteiger partial charge < -0.3 is 0 Å². The van der Waals surface area contributed by atoms with E-state index in [0.29, 0.717) is 0 Å². The number of rotatable bonds is 8. The summed E-state index contributed by atoms with van der Waals surface area (Å²) in [6, 6.07) is 164. The molecule has 0 spiro atoms. The molecule has 0 amide bonds. The van der Waals surface area contributed by atoms with Gasteiger partial charge >= 0.3 is 0 Å². The van der Waals surface area contributed by atoms with Gasteiger partial charge in [0.1, 0.15) is 0 Å². The van der Waals surface area contributed by atoms with Gasteiger partial charge in [0.15, 0.2) is 0 Å². The van der Waals surface area contributed by atoms with Crippen LogP contribution in [-0.2, 0) is 0 Å². The Morgan fingerprint density at radius 3 is 0.596 bits per heavy atom. The second-order valence-corrected chi connectivity index (χ2v) is 29.9. The van der Waals surface area contributed by atoms with E-state index >= 15 is 0 Å². The van der Waals surface area contributed by atoms with Crippen molar-refractivity contribution < 1.29 is 0 Å². The van der Waals surface area contributed by atoms with Crippen LogP contribution in [0.1, 0.15) is 0 Å². The fourth-order valence-corrected chi connectivity index (χ4v) is 18.4. The minimum Gasteiger partial charge on any atom is -0.0616 e. The molecule has 0 aromatic heterocycles. The highest BCUT2D eigenvalue weighted by Gasteiger charge is 2.23. The van der Waals surface area contributed by atoms with Crippen molar-refractivity contribution in [3.63, 3.8) is 0 Å². The first kappa shape index (κ1) is 67.3. The standard InChI is InChI=1S/2C40H26.C34H22/c1-3-15-31-27(11-1)13-9-21-32(31)29-23-25-30(26-24-29)39-35-17-5-7-19-37(35)40(38-20-8-6-18-36(38)39)34-22-10-14-28-12-2-4-16-33(28)34;1-3-11-31-25-33(23-19-27(31)9-1)29-17-21-30(22-18-29)39-35-13-5-7-15-37(35)40(38-16-8-6-14-36(38)39)34-24-20-28-10-2-4-12-32(28)26-34;1-3-15-25-23(11-1)13-9-21-27(25)33-29-17-5-7-19-31(29)34(32-20-8-6-18-30(32)33)28-22-10-14-24-12-2-4-16-26(24)28/h2*1-26H;1-22H. The maximum atomic E-state index is 2.33. The third kappa shape index (κ3) is 11.9. The molecule has 0 heterocycles. The summed E-state index contributed by atoms with van der Waals surface area (Å²) in [5, 5.41) is 30.7. The van der Waals surface area contributed by atoms with E-state index in [-0.39, 0.29) is 0 Å². The third-order valence-corrected chi connectivity index (χ3v) is 23.5. The lowest BCUT2D eigenvalue weighted by molar-refractivity contribution is 1.63. The first-order valence-electron chi connectivity index (χ1n) is 39.5. The third-order valence-electron chi connectivity index (χ3n) is 23.5. The van der Waals surface area contributed by atoms with E-state index in [9.17, 15) is 0 Å². The molecule has 0 nitrogen and oxygen atoms in total. The molecule has 114 heavy (non-hydrogen) atoms. The van der Waals surface area contributed by atoms with Gasteiger partial charge in [-0.3, -0.25) is 0 Å². The predicted molar refractivity (Wildman–Crippen MR) is 493 cm³/mol. The Morgan fingerprint density at radius 1 is 0.0877 bits per heavy atom. The summed E-state index contributed by atoms with van der Waals surface area (Å²) >= 11 is 0. The Kier molecular flexibility index (Phi) is 17.1. The van der Waals surface area contributed by atoms with Crippen molar-refractivity contribution in [2.75, 3.05) is 0 Å². The monoisotopic (exact) mass is 1440 g/mol. The molecule has 530 valence electrons. The minimum absolute atomic E-state index is 1.23. The van der Waals surface area contributed by atoms with E-state index < -0.39 is 0 Å². The van der Waals surface area contributed by atoms with Gasteiger partial charge in [0.05, 0.1) is 0 Å². The molecule has 0 aliphatic carbocycles. The molecule has 0 aliphatic heterocycles. The van der Waals surface area contributed by atoms with Crippen molar-refractivity contribution >= 4 is 129 Å². The minimum atomic E-state index is 1.23. The van der Waals surface area contributed by atoms with Crippen molar-refractivity contribution in [2.24, 2.45) is 0 Å². The van der Waals surface area contributed by atoms with E-state index in [1.54, 1.807) is 0 Å². The molecule has 0 N–H and O–H groups in total. The molecule has 0 fully saturated rings. The van der Waals surface area contributed by atoms with Gasteiger partial charge in [0, 0.05) is 0 Å². The summed E-state index contributed by atoms with van der Waals surface area (Å²) in [5.74, 6) is 0. The van der Waals surface area contributed by atoms with E-state index in [4.69, 9.17) is 0 Å². The van der Waals surface area contributed by atoms with Gasteiger partial charge in [0.25, 0.3) is 0 Å². The largest absolute Gasteiger partial charge is 0.0616 e. The molecule has 23 aromatic carbocycles. The molecular weight excluding hydrogens is 1370 g/mol. The van der Waals surface area contributed by atoms with Crippen LogP contribution in [0.2, 0.25) is 0 Å². The lowest BCUT2D eigenvalue weighted by Gasteiger charge is -2.19. The normalized spacial score (nSPS) is 11.5. The maximum absolute atomic E-state index is 2.33. The van der Waals surface area contributed by atoms with Gasteiger partial charge in [0.2, 0.25) is 0 Å². The zero-order valence-corrected chi connectivity index (χ0v) is 62.7.